The van der Waals surface area contributed by atoms with Gasteiger partial charge >= 0.3 is 0 Å². The molecule has 0 bridgehead atoms. The molecular formula is C23H29N3O2. The smallest absolute Gasteiger partial charge is 0.255 e. The molecule has 2 aromatic rings. The SMILES string of the molecule is CC1OC2(CCN(CCc3cccc(N)c3)CC2)CN(c2ccccc2)C1=O. The van der Waals surface area contributed by atoms with Gasteiger partial charge in [0.05, 0.1) is 12.1 Å². The molecule has 148 valence electrons. The van der Waals surface area contributed by atoms with Crippen LogP contribution in [0.25, 0.3) is 0 Å². The Hall–Kier alpha value is -2.37. The molecule has 0 aliphatic carbocycles. The second-order valence-corrected chi connectivity index (χ2v) is 8.04. The zero-order chi connectivity index (χ0) is 19.6. The first-order valence-corrected chi connectivity index (χ1v) is 10.2. The van der Waals surface area contributed by atoms with Gasteiger partial charge in [-0.1, -0.05) is 30.3 Å². The van der Waals surface area contributed by atoms with E-state index < -0.39 is 6.10 Å². The lowest BCUT2D eigenvalue weighted by Gasteiger charge is -2.49. The van der Waals surface area contributed by atoms with Crippen LogP contribution in [-0.2, 0) is 16.0 Å². The quantitative estimate of drug-likeness (QED) is 0.830. The molecule has 5 heteroatoms. The van der Waals surface area contributed by atoms with Crippen molar-refractivity contribution in [3.05, 3.63) is 60.2 Å². The van der Waals surface area contributed by atoms with Crippen LogP contribution in [0.3, 0.4) is 0 Å². The van der Waals surface area contributed by atoms with Crippen molar-refractivity contribution < 1.29 is 9.53 Å². The number of nitrogens with zero attached hydrogens (tertiary/aromatic N) is 2. The highest BCUT2D eigenvalue weighted by Gasteiger charge is 2.45. The van der Waals surface area contributed by atoms with Crippen molar-refractivity contribution in [3.63, 3.8) is 0 Å². The lowest BCUT2D eigenvalue weighted by atomic mass is 9.88. The molecule has 0 saturated carbocycles. The molecule has 1 spiro atoms. The molecule has 2 fully saturated rings. The molecule has 28 heavy (non-hydrogen) atoms. The lowest BCUT2D eigenvalue weighted by molar-refractivity contribution is -0.161. The van der Waals surface area contributed by atoms with E-state index in [-0.39, 0.29) is 11.5 Å². The van der Waals surface area contributed by atoms with E-state index >= 15 is 0 Å². The summed E-state index contributed by atoms with van der Waals surface area (Å²) in [4.78, 5) is 17.1. The number of morpholine rings is 1. The summed E-state index contributed by atoms with van der Waals surface area (Å²) in [7, 11) is 0. The standard InChI is InChI=1S/C23H29N3O2/c1-18-22(27)26(21-8-3-2-4-9-21)17-23(28-18)11-14-25(15-12-23)13-10-19-6-5-7-20(24)16-19/h2-9,16,18H,10-15,17,24H2,1H3. The van der Waals surface area contributed by atoms with Crippen molar-refractivity contribution in [1.82, 2.24) is 4.90 Å². The largest absolute Gasteiger partial charge is 0.399 e. The van der Waals surface area contributed by atoms with Gasteiger partial charge < -0.3 is 20.3 Å². The molecule has 5 nitrogen and oxygen atoms in total. The average molecular weight is 380 g/mol. The van der Waals surface area contributed by atoms with Crippen LogP contribution in [0.5, 0.6) is 0 Å². The third-order valence-corrected chi connectivity index (χ3v) is 5.99. The van der Waals surface area contributed by atoms with Crippen LogP contribution in [0.1, 0.15) is 25.3 Å². The van der Waals surface area contributed by atoms with Gasteiger partial charge in [-0.05, 0) is 56.0 Å². The van der Waals surface area contributed by atoms with Gasteiger partial charge in [-0.15, -0.1) is 0 Å². The van der Waals surface area contributed by atoms with Crippen molar-refractivity contribution in [3.8, 4) is 0 Å². The average Bonchev–Trinajstić information content (AvgIpc) is 2.71. The zero-order valence-corrected chi connectivity index (χ0v) is 16.5. The molecule has 1 atom stereocenters. The molecule has 2 saturated heterocycles. The minimum Gasteiger partial charge on any atom is -0.399 e. The highest BCUT2D eigenvalue weighted by molar-refractivity contribution is 5.97. The summed E-state index contributed by atoms with van der Waals surface area (Å²) < 4.78 is 6.27. The number of carbonyl (C=O) groups excluding carboxylic acids is 1. The predicted octanol–water partition coefficient (Wildman–Crippen LogP) is 3.10. The summed E-state index contributed by atoms with van der Waals surface area (Å²) >= 11 is 0. The van der Waals surface area contributed by atoms with E-state index in [1.807, 2.05) is 54.3 Å². The first kappa shape index (κ1) is 19.0. The predicted molar refractivity (Wildman–Crippen MR) is 112 cm³/mol. The van der Waals surface area contributed by atoms with E-state index in [0.717, 1.165) is 50.3 Å². The molecule has 2 aliphatic heterocycles. The fourth-order valence-corrected chi connectivity index (χ4v) is 4.37. The van der Waals surface area contributed by atoms with E-state index in [1.165, 1.54) is 5.56 Å². The summed E-state index contributed by atoms with van der Waals surface area (Å²) in [5, 5.41) is 0. The molecule has 2 aliphatic rings. The Kier molecular flexibility index (Phi) is 5.38. The summed E-state index contributed by atoms with van der Waals surface area (Å²) in [5.74, 6) is 0.0564. The number of carbonyl (C=O) groups is 1. The number of hydrogen-bond acceptors (Lipinski definition) is 4. The number of para-hydroxylation sites is 1. The molecular weight excluding hydrogens is 350 g/mol. The van der Waals surface area contributed by atoms with Gasteiger partial charge in [0.2, 0.25) is 0 Å². The van der Waals surface area contributed by atoms with Gasteiger partial charge in [0, 0.05) is 31.0 Å². The monoisotopic (exact) mass is 379 g/mol. The van der Waals surface area contributed by atoms with Crippen molar-refractivity contribution >= 4 is 17.3 Å². The van der Waals surface area contributed by atoms with Gasteiger partial charge in [0.1, 0.15) is 6.10 Å². The maximum atomic E-state index is 12.7. The Morgan fingerprint density at radius 2 is 1.86 bits per heavy atom. The number of anilines is 2. The minimum atomic E-state index is -0.396. The van der Waals surface area contributed by atoms with Crippen LogP contribution in [0.2, 0.25) is 0 Å². The molecule has 4 rings (SSSR count). The normalized spacial score (nSPS) is 22.5. The summed E-state index contributed by atoms with van der Waals surface area (Å²) in [6.07, 6.45) is 2.51. The Morgan fingerprint density at radius 3 is 2.57 bits per heavy atom. The van der Waals surface area contributed by atoms with Crippen molar-refractivity contribution in [2.75, 3.05) is 36.8 Å². The Balaban J connectivity index is 1.38. The van der Waals surface area contributed by atoms with Crippen LogP contribution < -0.4 is 10.6 Å². The number of benzene rings is 2. The number of piperidine rings is 1. The number of rotatable bonds is 4. The second-order valence-electron chi connectivity index (χ2n) is 8.04. The van der Waals surface area contributed by atoms with Gasteiger partial charge in [0.15, 0.2) is 0 Å². The molecule has 2 aromatic carbocycles. The van der Waals surface area contributed by atoms with Crippen molar-refractivity contribution in [1.29, 1.82) is 0 Å². The van der Waals surface area contributed by atoms with Crippen LogP contribution in [0.4, 0.5) is 11.4 Å². The van der Waals surface area contributed by atoms with Crippen LogP contribution in [0.15, 0.2) is 54.6 Å². The molecule has 2 heterocycles. The number of amides is 1. The molecule has 0 aromatic heterocycles. The number of nitrogens with two attached hydrogens (primary N) is 1. The highest BCUT2D eigenvalue weighted by atomic mass is 16.5. The van der Waals surface area contributed by atoms with Crippen molar-refractivity contribution in [2.24, 2.45) is 0 Å². The van der Waals surface area contributed by atoms with E-state index in [1.54, 1.807) is 0 Å². The summed E-state index contributed by atoms with van der Waals surface area (Å²) in [6, 6.07) is 18.1. The number of ether oxygens (including phenoxy) is 1. The maximum absolute atomic E-state index is 12.7. The highest BCUT2D eigenvalue weighted by Crippen LogP contribution is 2.35. The third kappa shape index (κ3) is 4.05. The van der Waals surface area contributed by atoms with E-state index in [2.05, 4.69) is 17.0 Å². The number of likely N-dealkylation sites (tertiary alicyclic amines) is 1. The van der Waals surface area contributed by atoms with Crippen LogP contribution in [-0.4, -0.2) is 48.7 Å². The Labute approximate surface area is 167 Å². The van der Waals surface area contributed by atoms with Crippen LogP contribution in [0, 0.1) is 0 Å². The zero-order valence-electron chi connectivity index (χ0n) is 16.5. The van der Waals surface area contributed by atoms with Gasteiger partial charge in [-0.3, -0.25) is 4.79 Å². The van der Waals surface area contributed by atoms with Gasteiger partial charge in [-0.25, -0.2) is 0 Å². The maximum Gasteiger partial charge on any atom is 0.255 e. The molecule has 0 radical (unpaired) electrons. The number of hydrogen-bond donors (Lipinski definition) is 1. The third-order valence-electron chi connectivity index (χ3n) is 5.99. The molecule has 1 amide bonds. The van der Waals surface area contributed by atoms with E-state index in [9.17, 15) is 4.79 Å². The van der Waals surface area contributed by atoms with E-state index in [0.29, 0.717) is 6.54 Å². The van der Waals surface area contributed by atoms with Crippen LogP contribution >= 0.6 is 0 Å². The number of nitrogen functional groups attached to an aromatic ring is 1. The van der Waals surface area contributed by atoms with E-state index in [4.69, 9.17) is 10.5 Å². The first-order chi connectivity index (χ1) is 13.5. The Bertz CT molecular complexity index is 816. The second kappa shape index (κ2) is 7.94. The first-order valence-electron chi connectivity index (χ1n) is 10.2. The Morgan fingerprint density at radius 1 is 1.11 bits per heavy atom. The topological polar surface area (TPSA) is 58.8 Å². The summed E-state index contributed by atoms with van der Waals surface area (Å²) in [6.45, 7) is 5.53. The fraction of sp³-hybridized carbons (Fsp3) is 0.435. The lowest BCUT2D eigenvalue weighted by Crippen LogP contribution is -2.61. The minimum absolute atomic E-state index is 0.0564. The molecule has 1 unspecified atom stereocenters. The van der Waals surface area contributed by atoms with Gasteiger partial charge in [-0.2, -0.15) is 0 Å². The molecule has 2 N–H and O–H groups in total. The van der Waals surface area contributed by atoms with Crippen molar-refractivity contribution in [2.45, 2.75) is 37.9 Å². The summed E-state index contributed by atoms with van der Waals surface area (Å²) in [5.41, 5.74) is 8.71. The fourth-order valence-electron chi connectivity index (χ4n) is 4.37. The van der Waals surface area contributed by atoms with Gasteiger partial charge in [0.25, 0.3) is 5.91 Å².